The second-order valence-corrected chi connectivity index (χ2v) is 12.0. The van der Waals surface area contributed by atoms with Gasteiger partial charge < -0.3 is 11.1 Å². The second kappa shape index (κ2) is 6.75. The monoisotopic (exact) mass is 449 g/mol. The van der Waals surface area contributed by atoms with E-state index < -0.39 is 26.8 Å². The summed E-state index contributed by atoms with van der Waals surface area (Å²) in [5.41, 5.74) is 4.21. The molecule has 5 saturated carbocycles. The molecule has 7 nitrogen and oxygen atoms in total. The van der Waals surface area contributed by atoms with Crippen molar-refractivity contribution in [3.05, 3.63) is 30.1 Å². The molecule has 2 unspecified atom stereocenters. The molecule has 2 amide bonds. The first-order chi connectivity index (χ1) is 14.6. The van der Waals surface area contributed by atoms with Crippen LogP contribution in [-0.2, 0) is 19.6 Å². The lowest BCUT2D eigenvalue weighted by Gasteiger charge is -2.59. The van der Waals surface area contributed by atoms with Crippen molar-refractivity contribution in [3.8, 4) is 0 Å². The van der Waals surface area contributed by atoms with E-state index in [1.54, 1.807) is 0 Å². The molecule has 5 fully saturated rings. The number of nitrogens with two attached hydrogens (primary N) is 1. The minimum absolute atomic E-state index is 0.0338. The zero-order valence-corrected chi connectivity index (χ0v) is 18.3. The Morgan fingerprint density at radius 3 is 2.19 bits per heavy atom. The van der Waals surface area contributed by atoms with Gasteiger partial charge in [-0.05, 0) is 87.0 Å². The fourth-order valence-corrected chi connectivity index (χ4v) is 8.17. The molecule has 2 atom stereocenters. The van der Waals surface area contributed by atoms with Gasteiger partial charge in [-0.1, -0.05) is 0 Å². The first-order valence-electron chi connectivity index (χ1n) is 10.9. The van der Waals surface area contributed by atoms with Crippen LogP contribution in [0.4, 0.5) is 4.39 Å². The topological polar surface area (TPSA) is 110 Å². The van der Waals surface area contributed by atoms with E-state index in [9.17, 15) is 22.4 Å². The van der Waals surface area contributed by atoms with Gasteiger partial charge in [-0.3, -0.25) is 9.59 Å². The lowest BCUT2D eigenvalue weighted by atomic mass is 9.47. The van der Waals surface area contributed by atoms with Gasteiger partial charge in [0.1, 0.15) is 11.4 Å². The molecule has 1 aromatic rings. The highest BCUT2D eigenvalue weighted by Gasteiger charge is 2.61. The second-order valence-electron chi connectivity index (χ2n) is 10.1. The normalized spacial score (nSPS) is 35.2. The number of hydrogen-bond acceptors (Lipinski definition) is 4. The van der Waals surface area contributed by atoms with Crippen LogP contribution in [0.15, 0.2) is 29.2 Å². The Balaban J connectivity index is 1.34. The van der Waals surface area contributed by atoms with Crippen molar-refractivity contribution in [3.63, 3.8) is 0 Å². The lowest BCUT2D eigenvalue weighted by Crippen LogP contribution is -2.64. The molecule has 9 heteroatoms. The average Bonchev–Trinajstić information content (AvgIpc) is 3.51. The van der Waals surface area contributed by atoms with Crippen LogP contribution in [0.5, 0.6) is 0 Å². The summed E-state index contributed by atoms with van der Waals surface area (Å²) in [7, 11) is -2.51. The Hall–Kier alpha value is -2.00. The van der Waals surface area contributed by atoms with E-state index in [0.717, 1.165) is 35.7 Å². The molecule has 0 aliphatic heterocycles. The molecular formula is C22H28FN3O4S. The van der Waals surface area contributed by atoms with Crippen molar-refractivity contribution in [1.82, 2.24) is 9.62 Å². The maximum Gasteiger partial charge on any atom is 0.243 e. The van der Waals surface area contributed by atoms with E-state index in [1.807, 2.05) is 0 Å². The number of benzene rings is 1. The van der Waals surface area contributed by atoms with E-state index in [1.165, 1.54) is 19.2 Å². The number of nitrogens with zero attached hydrogens (tertiary/aromatic N) is 1. The van der Waals surface area contributed by atoms with Gasteiger partial charge in [-0.2, -0.15) is 4.31 Å². The van der Waals surface area contributed by atoms with Crippen molar-refractivity contribution in [2.24, 2.45) is 28.9 Å². The molecule has 6 rings (SSSR count). The number of sulfonamides is 1. The zero-order chi connectivity index (χ0) is 22.2. The van der Waals surface area contributed by atoms with E-state index in [2.05, 4.69) is 5.32 Å². The molecule has 0 radical (unpaired) electrons. The van der Waals surface area contributed by atoms with E-state index in [-0.39, 0.29) is 34.6 Å². The number of amides is 2. The molecule has 168 valence electrons. The Morgan fingerprint density at radius 1 is 1.10 bits per heavy atom. The van der Waals surface area contributed by atoms with E-state index in [4.69, 9.17) is 5.73 Å². The third-order valence-corrected chi connectivity index (χ3v) is 10.3. The van der Waals surface area contributed by atoms with Gasteiger partial charge in [0.05, 0.1) is 4.90 Å². The number of rotatable bonds is 6. The maximum atomic E-state index is 13.3. The molecular weight excluding hydrogens is 421 g/mol. The Morgan fingerprint density at radius 2 is 1.68 bits per heavy atom. The molecule has 3 N–H and O–H groups in total. The van der Waals surface area contributed by atoms with Crippen molar-refractivity contribution < 1.29 is 22.4 Å². The number of nitrogens with one attached hydrogen (secondary N) is 1. The van der Waals surface area contributed by atoms with Crippen molar-refractivity contribution in [2.75, 3.05) is 7.05 Å². The summed E-state index contributed by atoms with van der Waals surface area (Å²) < 4.78 is 40.5. The molecule has 0 saturated heterocycles. The van der Waals surface area contributed by atoms with Crippen molar-refractivity contribution in [1.29, 1.82) is 0 Å². The average molecular weight is 450 g/mol. The van der Waals surface area contributed by atoms with Gasteiger partial charge in [0, 0.05) is 18.5 Å². The van der Waals surface area contributed by atoms with Gasteiger partial charge in [0.25, 0.3) is 0 Å². The van der Waals surface area contributed by atoms with Crippen LogP contribution < -0.4 is 11.1 Å². The largest absolute Gasteiger partial charge is 0.369 e. The summed E-state index contributed by atoms with van der Waals surface area (Å²) in [6.07, 6.45) is 5.13. The van der Waals surface area contributed by atoms with Crippen LogP contribution in [0.3, 0.4) is 0 Å². The fraction of sp³-hybridized carbons (Fsp3) is 0.636. The number of hydrogen-bond donors (Lipinski definition) is 2. The van der Waals surface area contributed by atoms with Crippen LogP contribution in [0.25, 0.3) is 0 Å². The van der Waals surface area contributed by atoms with Crippen molar-refractivity contribution in [2.45, 2.75) is 61.4 Å². The first kappa shape index (κ1) is 20.9. The van der Waals surface area contributed by atoms with Crippen LogP contribution in [0, 0.1) is 29.0 Å². The molecule has 1 aromatic carbocycles. The highest BCUT2D eigenvalue weighted by molar-refractivity contribution is 7.89. The van der Waals surface area contributed by atoms with Crippen LogP contribution in [0.1, 0.15) is 44.9 Å². The highest BCUT2D eigenvalue weighted by atomic mass is 32.2. The molecule has 0 aromatic heterocycles. The lowest BCUT2D eigenvalue weighted by molar-refractivity contribution is -0.148. The molecule has 4 bridgehead atoms. The van der Waals surface area contributed by atoms with Crippen molar-refractivity contribution >= 4 is 21.8 Å². The van der Waals surface area contributed by atoms with Crippen LogP contribution >= 0.6 is 0 Å². The smallest absolute Gasteiger partial charge is 0.243 e. The van der Waals surface area contributed by atoms with E-state index >= 15 is 0 Å². The number of carbonyl (C=O) groups is 2. The SMILES string of the molecule is CN(C1(C(=O)NC2C3CC4CC2CC(C(N)=O)(C4)C3)CC1)S(=O)(=O)c1ccc(F)cc1. The number of primary amides is 1. The minimum Gasteiger partial charge on any atom is -0.369 e. The third kappa shape index (κ3) is 3.11. The van der Waals surface area contributed by atoms with Gasteiger partial charge in [-0.25, -0.2) is 12.8 Å². The van der Waals surface area contributed by atoms with Crippen LogP contribution in [0.2, 0.25) is 0 Å². The molecule has 5 aliphatic carbocycles. The maximum absolute atomic E-state index is 13.3. The van der Waals surface area contributed by atoms with Crippen LogP contribution in [-0.4, -0.2) is 43.2 Å². The molecule has 31 heavy (non-hydrogen) atoms. The number of likely N-dealkylation sites (N-methyl/N-ethyl adjacent to an activating group) is 1. The minimum atomic E-state index is -3.93. The Bertz CT molecular complexity index is 1020. The van der Waals surface area contributed by atoms with E-state index in [0.29, 0.717) is 31.6 Å². The van der Waals surface area contributed by atoms with Gasteiger partial charge >= 0.3 is 0 Å². The predicted molar refractivity (Wildman–Crippen MR) is 110 cm³/mol. The summed E-state index contributed by atoms with van der Waals surface area (Å²) in [6.45, 7) is 0. The Kier molecular flexibility index (Phi) is 4.54. The first-order valence-corrected chi connectivity index (χ1v) is 12.4. The highest BCUT2D eigenvalue weighted by Crippen LogP contribution is 2.60. The van der Waals surface area contributed by atoms with Gasteiger partial charge in [-0.15, -0.1) is 0 Å². The summed E-state index contributed by atoms with van der Waals surface area (Å²) in [5.74, 6) is -0.118. The fourth-order valence-electron chi connectivity index (χ4n) is 6.65. The summed E-state index contributed by atoms with van der Waals surface area (Å²) >= 11 is 0. The molecule has 5 aliphatic rings. The predicted octanol–water partition coefficient (Wildman–Crippen LogP) is 1.78. The molecule has 0 spiro atoms. The Labute approximate surface area is 181 Å². The summed E-state index contributed by atoms with van der Waals surface area (Å²) in [5, 5.41) is 3.18. The summed E-state index contributed by atoms with van der Waals surface area (Å²) in [4.78, 5) is 25.4. The third-order valence-electron chi connectivity index (χ3n) is 8.31. The van der Waals surface area contributed by atoms with Gasteiger partial charge in [0.2, 0.25) is 21.8 Å². The number of carbonyl (C=O) groups excluding carboxylic acids is 2. The quantitative estimate of drug-likeness (QED) is 0.690. The number of halogens is 1. The standard InChI is InChI=1S/C22H28FN3O4S/c1-26(31(29,30)17-4-2-16(23)3-5-17)22(6-7-22)20(28)25-18-14-8-13-9-15(18)12-21(10-13,11-14)19(24)27/h2-5,13-15,18H,6-12H2,1H3,(H2,24,27)(H,25,28). The zero-order valence-electron chi connectivity index (χ0n) is 17.5. The summed E-state index contributed by atoms with van der Waals surface area (Å²) in [6, 6.07) is 4.59. The molecule has 0 heterocycles. The van der Waals surface area contributed by atoms with Gasteiger partial charge in [0.15, 0.2) is 0 Å².